The number of ketones is 1. The molecule has 0 unspecified atom stereocenters. The highest BCUT2D eigenvalue weighted by atomic mass is 19.1. The number of nitrogens with two attached hydrogens (primary N) is 1. The molecule has 2 N–H and O–H groups in total. The zero-order valence-electron chi connectivity index (χ0n) is 16.0. The Morgan fingerprint density at radius 2 is 2.00 bits per heavy atom. The van der Waals surface area contributed by atoms with Crippen molar-refractivity contribution in [1.29, 1.82) is 0 Å². The number of anilines is 1. The lowest BCUT2D eigenvalue weighted by molar-refractivity contribution is -0.123. The number of nitrogens with zero attached hydrogens (tertiary/aromatic N) is 3. The van der Waals surface area contributed by atoms with Crippen molar-refractivity contribution >= 4 is 17.4 Å². The third kappa shape index (κ3) is 4.79. The molecule has 0 aliphatic carbocycles. The molecule has 1 aliphatic heterocycles. The summed E-state index contributed by atoms with van der Waals surface area (Å²) in [5.41, 5.74) is 6.94. The number of carbonyl (C=O) groups excluding carboxylic acids is 2. The number of amides is 1. The molecule has 2 heterocycles. The fourth-order valence-electron chi connectivity index (χ4n) is 3.38. The molecule has 1 aliphatic rings. The molecule has 0 saturated carbocycles. The fourth-order valence-corrected chi connectivity index (χ4v) is 3.38. The molecule has 1 fully saturated rings. The number of pyridine rings is 1. The second kappa shape index (κ2) is 9.03. The Labute approximate surface area is 164 Å². The van der Waals surface area contributed by atoms with Gasteiger partial charge in [0.15, 0.2) is 5.78 Å². The maximum absolute atomic E-state index is 13.8. The van der Waals surface area contributed by atoms with Gasteiger partial charge in [-0.3, -0.25) is 14.6 Å². The minimum absolute atomic E-state index is 0.0254. The molecular formula is C21H25FN4O2. The number of carbonyl (C=O) groups is 2. The van der Waals surface area contributed by atoms with Gasteiger partial charge in [-0.05, 0) is 63.3 Å². The summed E-state index contributed by atoms with van der Waals surface area (Å²) in [6.07, 6.45) is 3.02. The highest BCUT2D eigenvalue weighted by Crippen LogP contribution is 2.25. The third-order valence-corrected chi connectivity index (χ3v) is 5.11. The minimum Gasteiger partial charge on any atom is -0.324 e. The van der Waals surface area contributed by atoms with Gasteiger partial charge in [-0.2, -0.15) is 0 Å². The number of halogens is 1. The topological polar surface area (TPSA) is 79.5 Å². The van der Waals surface area contributed by atoms with Crippen LogP contribution in [0, 0.1) is 11.7 Å². The Morgan fingerprint density at radius 1 is 1.25 bits per heavy atom. The van der Waals surface area contributed by atoms with Crippen molar-refractivity contribution in [3.63, 3.8) is 0 Å². The smallest absolute Gasteiger partial charge is 0.230 e. The van der Waals surface area contributed by atoms with E-state index in [0.717, 1.165) is 25.9 Å². The van der Waals surface area contributed by atoms with Gasteiger partial charge < -0.3 is 15.5 Å². The molecule has 1 aromatic carbocycles. The van der Waals surface area contributed by atoms with Crippen LogP contribution in [0.5, 0.6) is 0 Å². The van der Waals surface area contributed by atoms with E-state index in [1.165, 1.54) is 18.3 Å². The van der Waals surface area contributed by atoms with Crippen LogP contribution >= 0.6 is 0 Å². The first-order valence-electron chi connectivity index (χ1n) is 9.41. The maximum atomic E-state index is 13.8. The minimum atomic E-state index is -0.393. The van der Waals surface area contributed by atoms with Crippen LogP contribution in [0.3, 0.4) is 0 Å². The Balaban J connectivity index is 1.84. The summed E-state index contributed by atoms with van der Waals surface area (Å²) in [6, 6.07) is 9.39. The number of rotatable bonds is 6. The molecule has 1 amide bonds. The van der Waals surface area contributed by atoms with Crippen LogP contribution < -0.4 is 10.6 Å². The lowest BCUT2D eigenvalue weighted by Crippen LogP contribution is -2.41. The third-order valence-electron chi connectivity index (χ3n) is 5.11. The number of hydrogen-bond acceptors (Lipinski definition) is 5. The van der Waals surface area contributed by atoms with E-state index in [2.05, 4.69) is 9.88 Å². The molecule has 7 heteroatoms. The van der Waals surface area contributed by atoms with Crippen molar-refractivity contribution in [2.75, 3.05) is 31.6 Å². The zero-order chi connectivity index (χ0) is 20.1. The lowest BCUT2D eigenvalue weighted by atomic mass is 9.95. The van der Waals surface area contributed by atoms with Crippen LogP contribution in [0.2, 0.25) is 0 Å². The van der Waals surface area contributed by atoms with E-state index in [9.17, 15) is 14.0 Å². The van der Waals surface area contributed by atoms with Crippen molar-refractivity contribution in [3.8, 4) is 0 Å². The van der Waals surface area contributed by atoms with Gasteiger partial charge in [-0.1, -0.05) is 6.07 Å². The summed E-state index contributed by atoms with van der Waals surface area (Å²) >= 11 is 0. The number of piperidine rings is 1. The summed E-state index contributed by atoms with van der Waals surface area (Å²) in [5, 5.41) is 0. The lowest BCUT2D eigenvalue weighted by Gasteiger charge is -2.32. The number of hydrogen-bond donors (Lipinski definition) is 1. The number of benzene rings is 1. The van der Waals surface area contributed by atoms with Crippen LogP contribution in [0.15, 0.2) is 42.6 Å². The molecule has 2 aromatic rings. The second-order valence-corrected chi connectivity index (χ2v) is 7.15. The van der Waals surface area contributed by atoms with Crippen LogP contribution in [-0.4, -0.2) is 48.3 Å². The van der Waals surface area contributed by atoms with Gasteiger partial charge in [0.2, 0.25) is 5.91 Å². The normalized spacial score (nSPS) is 15.4. The molecule has 1 aromatic heterocycles. The standard InChI is InChI=1S/C21H25FN4O2/c1-25-9-7-15(8-10-25)21(28)26(19-4-2-3-17(22)11-19)14-18-6-5-16(13-24-18)20(27)12-23/h2-6,11,13,15H,7-10,12,14,23H2,1H3. The van der Waals surface area contributed by atoms with Crippen LogP contribution in [-0.2, 0) is 11.3 Å². The van der Waals surface area contributed by atoms with Gasteiger partial charge in [0.05, 0.1) is 18.8 Å². The summed E-state index contributed by atoms with van der Waals surface area (Å²) < 4.78 is 13.8. The Hall–Kier alpha value is -2.64. The fraction of sp³-hybridized carbons (Fsp3) is 0.381. The van der Waals surface area contributed by atoms with Crippen molar-refractivity contribution in [1.82, 2.24) is 9.88 Å². The highest BCUT2D eigenvalue weighted by molar-refractivity contribution is 5.97. The second-order valence-electron chi connectivity index (χ2n) is 7.15. The first-order valence-corrected chi connectivity index (χ1v) is 9.41. The average molecular weight is 384 g/mol. The molecule has 148 valence electrons. The van der Waals surface area contributed by atoms with Crippen LogP contribution in [0.25, 0.3) is 0 Å². The van der Waals surface area contributed by atoms with E-state index in [4.69, 9.17) is 5.73 Å². The summed E-state index contributed by atoms with van der Waals surface area (Å²) in [6.45, 7) is 1.86. The summed E-state index contributed by atoms with van der Waals surface area (Å²) in [4.78, 5) is 33.0. The highest BCUT2D eigenvalue weighted by Gasteiger charge is 2.29. The monoisotopic (exact) mass is 384 g/mol. The van der Waals surface area contributed by atoms with Gasteiger partial charge in [0.25, 0.3) is 0 Å². The van der Waals surface area contributed by atoms with Crippen molar-refractivity contribution in [3.05, 3.63) is 59.7 Å². The Kier molecular flexibility index (Phi) is 6.49. The van der Waals surface area contributed by atoms with E-state index >= 15 is 0 Å². The molecular weight excluding hydrogens is 359 g/mol. The molecule has 6 nitrogen and oxygen atoms in total. The largest absolute Gasteiger partial charge is 0.324 e. The van der Waals surface area contributed by atoms with Crippen molar-refractivity contribution in [2.24, 2.45) is 11.7 Å². The molecule has 0 radical (unpaired) electrons. The quantitative estimate of drug-likeness (QED) is 0.773. The zero-order valence-corrected chi connectivity index (χ0v) is 16.0. The van der Waals surface area contributed by atoms with Gasteiger partial charge >= 0.3 is 0 Å². The summed E-state index contributed by atoms with van der Waals surface area (Å²) in [7, 11) is 2.04. The van der Waals surface area contributed by atoms with Crippen LogP contribution in [0.1, 0.15) is 28.9 Å². The van der Waals surface area contributed by atoms with E-state index in [-0.39, 0.29) is 30.7 Å². The van der Waals surface area contributed by atoms with Crippen molar-refractivity contribution in [2.45, 2.75) is 19.4 Å². The number of aromatic nitrogens is 1. The van der Waals surface area contributed by atoms with Gasteiger partial charge in [-0.25, -0.2) is 4.39 Å². The van der Waals surface area contributed by atoms with E-state index in [1.54, 1.807) is 29.2 Å². The molecule has 28 heavy (non-hydrogen) atoms. The SMILES string of the molecule is CN1CCC(C(=O)N(Cc2ccc(C(=O)CN)cn2)c2cccc(F)c2)CC1. The average Bonchev–Trinajstić information content (AvgIpc) is 2.72. The number of Topliss-reactive ketones (excluding diaryl/α,β-unsaturated/α-hetero) is 1. The van der Waals surface area contributed by atoms with E-state index in [0.29, 0.717) is 16.9 Å². The van der Waals surface area contributed by atoms with Crippen molar-refractivity contribution < 1.29 is 14.0 Å². The summed E-state index contributed by atoms with van der Waals surface area (Å²) in [5.74, 6) is -0.709. The molecule has 1 saturated heterocycles. The molecule has 0 atom stereocenters. The molecule has 0 spiro atoms. The molecule has 3 rings (SSSR count). The predicted octanol–water partition coefficient (Wildman–Crippen LogP) is 2.24. The van der Waals surface area contributed by atoms with Crippen LogP contribution in [0.4, 0.5) is 10.1 Å². The first-order chi connectivity index (χ1) is 13.5. The van der Waals surface area contributed by atoms with Gasteiger partial charge in [-0.15, -0.1) is 0 Å². The van der Waals surface area contributed by atoms with Gasteiger partial charge in [0.1, 0.15) is 5.82 Å². The first kappa shape index (κ1) is 20.1. The molecule has 0 bridgehead atoms. The predicted molar refractivity (Wildman–Crippen MR) is 105 cm³/mol. The Bertz CT molecular complexity index is 833. The van der Waals surface area contributed by atoms with Gasteiger partial charge in [0, 0.05) is 23.4 Å². The van der Waals surface area contributed by atoms with E-state index in [1.807, 2.05) is 7.05 Å². The number of likely N-dealkylation sites (tertiary alicyclic amines) is 1. The van der Waals surface area contributed by atoms with E-state index < -0.39 is 5.82 Å². The Morgan fingerprint density at radius 3 is 2.61 bits per heavy atom. The maximum Gasteiger partial charge on any atom is 0.230 e.